The Morgan fingerprint density at radius 3 is 2.69 bits per heavy atom. The monoisotopic (exact) mass is 380 g/mol. The topological polar surface area (TPSA) is 67.9 Å². The van der Waals surface area contributed by atoms with E-state index in [1.807, 2.05) is 4.90 Å². The van der Waals surface area contributed by atoms with Crippen LogP contribution < -0.4 is 14.8 Å². The van der Waals surface area contributed by atoms with E-state index in [1.165, 1.54) is 0 Å². The lowest BCUT2D eigenvalue weighted by Gasteiger charge is -2.32. The van der Waals surface area contributed by atoms with E-state index in [2.05, 4.69) is 12.2 Å². The summed E-state index contributed by atoms with van der Waals surface area (Å²) in [5, 5.41) is 3.38. The minimum absolute atomic E-state index is 0.109. The maximum atomic E-state index is 12.5. The molecule has 2 heterocycles. The molecule has 1 saturated heterocycles. The number of amides is 1. The lowest BCUT2D eigenvalue weighted by Crippen LogP contribution is -2.41. The zero-order valence-corrected chi connectivity index (χ0v) is 16.2. The molecule has 0 aliphatic carbocycles. The number of hydrogen-bond donors (Lipinski definition) is 1. The van der Waals surface area contributed by atoms with Gasteiger partial charge in [0.15, 0.2) is 11.5 Å². The third-order valence-electron chi connectivity index (χ3n) is 4.93. The Morgan fingerprint density at radius 1 is 1.23 bits per heavy atom. The number of nitrogens with zero attached hydrogens (tertiary/aromatic N) is 1. The molecule has 1 fully saturated rings. The molecule has 6 nitrogen and oxygen atoms in total. The summed E-state index contributed by atoms with van der Waals surface area (Å²) >= 11 is 0. The first-order valence-corrected chi connectivity index (χ1v) is 10.8. The SMILES string of the molecule is CCNCC1CCN(C(=O)CCS(=O)c2ccc3c(c2)OCCO3)CC1. The summed E-state index contributed by atoms with van der Waals surface area (Å²) in [6.45, 7) is 6.80. The highest BCUT2D eigenvalue weighted by Gasteiger charge is 2.23. The number of hydrogen-bond acceptors (Lipinski definition) is 5. The van der Waals surface area contributed by atoms with Crippen molar-refractivity contribution in [3.05, 3.63) is 18.2 Å². The average Bonchev–Trinajstić information content (AvgIpc) is 2.70. The second kappa shape index (κ2) is 9.37. The molecule has 0 radical (unpaired) electrons. The van der Waals surface area contributed by atoms with Crippen LogP contribution in [0.25, 0.3) is 0 Å². The van der Waals surface area contributed by atoms with E-state index in [0.29, 0.717) is 47.7 Å². The van der Waals surface area contributed by atoms with Crippen LogP contribution in [-0.2, 0) is 15.6 Å². The first-order chi connectivity index (χ1) is 12.7. The Balaban J connectivity index is 1.45. The molecule has 0 aromatic heterocycles. The molecule has 1 aromatic carbocycles. The van der Waals surface area contributed by atoms with Gasteiger partial charge in [-0.15, -0.1) is 0 Å². The third-order valence-corrected chi connectivity index (χ3v) is 6.28. The molecule has 1 aromatic rings. The van der Waals surface area contributed by atoms with Crippen LogP contribution in [0.1, 0.15) is 26.2 Å². The van der Waals surface area contributed by atoms with Crippen LogP contribution in [0.4, 0.5) is 0 Å². The molecule has 1 amide bonds. The smallest absolute Gasteiger partial charge is 0.223 e. The van der Waals surface area contributed by atoms with Gasteiger partial charge in [0, 0.05) is 36.2 Å². The van der Waals surface area contributed by atoms with E-state index in [1.54, 1.807) is 18.2 Å². The van der Waals surface area contributed by atoms with Crippen LogP contribution in [0.3, 0.4) is 0 Å². The summed E-state index contributed by atoms with van der Waals surface area (Å²) in [5.74, 6) is 2.43. The summed E-state index contributed by atoms with van der Waals surface area (Å²) in [6, 6.07) is 5.35. The van der Waals surface area contributed by atoms with Gasteiger partial charge >= 0.3 is 0 Å². The zero-order valence-electron chi connectivity index (χ0n) is 15.4. The molecular formula is C19H28N2O4S. The number of ether oxygens (including phenoxy) is 2. The van der Waals surface area contributed by atoms with Gasteiger partial charge in [-0.05, 0) is 44.0 Å². The lowest BCUT2D eigenvalue weighted by atomic mass is 9.96. The standard InChI is InChI=1S/C19H28N2O4S/c1-2-20-14-15-5-8-21(9-6-15)19(22)7-12-26(23)16-3-4-17-18(13-16)25-11-10-24-17/h3-4,13,15,20H,2,5-12,14H2,1H3. The largest absolute Gasteiger partial charge is 0.486 e. The lowest BCUT2D eigenvalue weighted by molar-refractivity contribution is -0.132. The first kappa shape index (κ1) is 19.2. The molecule has 3 rings (SSSR count). The molecule has 1 N–H and O–H groups in total. The van der Waals surface area contributed by atoms with Gasteiger partial charge in [-0.1, -0.05) is 6.92 Å². The zero-order chi connectivity index (χ0) is 18.4. The van der Waals surface area contributed by atoms with Gasteiger partial charge in [0.05, 0.1) is 10.8 Å². The fraction of sp³-hybridized carbons (Fsp3) is 0.632. The molecular weight excluding hydrogens is 352 g/mol. The predicted octanol–water partition coefficient (Wildman–Crippen LogP) is 1.80. The fourth-order valence-corrected chi connectivity index (χ4v) is 4.41. The molecule has 144 valence electrons. The molecule has 2 aliphatic rings. The molecule has 0 bridgehead atoms. The second-order valence-corrected chi connectivity index (χ2v) is 8.31. The van der Waals surface area contributed by atoms with Crippen molar-refractivity contribution in [3.8, 4) is 11.5 Å². The van der Waals surface area contributed by atoms with E-state index in [0.717, 1.165) is 39.0 Å². The molecule has 0 saturated carbocycles. The van der Waals surface area contributed by atoms with E-state index >= 15 is 0 Å². The Morgan fingerprint density at radius 2 is 1.96 bits per heavy atom. The van der Waals surface area contributed by atoms with Gasteiger partial charge in [-0.2, -0.15) is 0 Å². The Bertz CT molecular complexity index is 644. The van der Waals surface area contributed by atoms with Crippen LogP contribution >= 0.6 is 0 Å². The van der Waals surface area contributed by atoms with Gasteiger partial charge in [0.1, 0.15) is 13.2 Å². The van der Waals surface area contributed by atoms with Gasteiger partial charge < -0.3 is 19.7 Å². The molecule has 7 heteroatoms. The minimum atomic E-state index is -1.21. The highest BCUT2D eigenvalue weighted by Crippen LogP contribution is 2.31. The molecule has 0 spiro atoms. The Labute approximate surface area is 157 Å². The maximum Gasteiger partial charge on any atom is 0.223 e. The second-order valence-electron chi connectivity index (χ2n) is 6.74. The number of carbonyl (C=O) groups excluding carboxylic acids is 1. The van der Waals surface area contributed by atoms with Gasteiger partial charge in [0.25, 0.3) is 0 Å². The molecule has 1 unspecified atom stereocenters. The molecule has 2 aliphatic heterocycles. The van der Waals surface area contributed by atoms with Crippen molar-refractivity contribution in [2.24, 2.45) is 5.92 Å². The summed E-state index contributed by atoms with van der Waals surface area (Å²) in [5.41, 5.74) is 0. The summed E-state index contributed by atoms with van der Waals surface area (Å²) in [7, 11) is -1.21. The summed E-state index contributed by atoms with van der Waals surface area (Å²) in [4.78, 5) is 15.0. The van der Waals surface area contributed by atoms with Crippen LogP contribution in [-0.4, -0.2) is 60.2 Å². The van der Waals surface area contributed by atoms with Crippen LogP contribution in [0.2, 0.25) is 0 Å². The normalized spacial score (nSPS) is 18.6. The number of benzene rings is 1. The molecule has 1 atom stereocenters. The van der Waals surface area contributed by atoms with Gasteiger partial charge in [0.2, 0.25) is 5.91 Å². The summed E-state index contributed by atoms with van der Waals surface area (Å²) in [6.07, 6.45) is 2.41. The van der Waals surface area contributed by atoms with Crippen molar-refractivity contribution in [2.75, 3.05) is 45.1 Å². The maximum absolute atomic E-state index is 12.5. The van der Waals surface area contributed by atoms with E-state index < -0.39 is 10.8 Å². The molecule has 26 heavy (non-hydrogen) atoms. The van der Waals surface area contributed by atoms with Crippen molar-refractivity contribution in [1.82, 2.24) is 10.2 Å². The van der Waals surface area contributed by atoms with E-state index in [9.17, 15) is 9.00 Å². The van der Waals surface area contributed by atoms with E-state index in [-0.39, 0.29) is 5.91 Å². The number of piperidine rings is 1. The highest BCUT2D eigenvalue weighted by molar-refractivity contribution is 7.85. The summed E-state index contributed by atoms with van der Waals surface area (Å²) < 4.78 is 23.5. The van der Waals surface area contributed by atoms with E-state index in [4.69, 9.17) is 9.47 Å². The van der Waals surface area contributed by atoms with Crippen LogP contribution in [0.15, 0.2) is 23.1 Å². The fourth-order valence-electron chi connectivity index (χ4n) is 3.36. The van der Waals surface area contributed by atoms with Crippen molar-refractivity contribution in [3.63, 3.8) is 0 Å². The van der Waals surface area contributed by atoms with Gasteiger partial charge in [-0.25, -0.2) is 0 Å². The number of likely N-dealkylation sites (tertiary alicyclic amines) is 1. The number of nitrogens with one attached hydrogen (secondary N) is 1. The highest BCUT2D eigenvalue weighted by atomic mass is 32.2. The third kappa shape index (κ3) is 4.98. The van der Waals surface area contributed by atoms with Crippen molar-refractivity contribution in [2.45, 2.75) is 31.1 Å². The van der Waals surface area contributed by atoms with Crippen molar-refractivity contribution < 1.29 is 18.5 Å². The first-order valence-electron chi connectivity index (χ1n) is 9.44. The number of carbonyl (C=O) groups is 1. The van der Waals surface area contributed by atoms with Crippen LogP contribution in [0, 0.1) is 5.92 Å². The number of fused-ring (bicyclic) bond motifs is 1. The number of rotatable bonds is 7. The van der Waals surface area contributed by atoms with Crippen molar-refractivity contribution in [1.29, 1.82) is 0 Å². The average molecular weight is 381 g/mol. The minimum Gasteiger partial charge on any atom is -0.486 e. The Kier molecular flexibility index (Phi) is 6.91. The predicted molar refractivity (Wildman–Crippen MR) is 101 cm³/mol. The quantitative estimate of drug-likeness (QED) is 0.781. The Hall–Kier alpha value is -1.60. The van der Waals surface area contributed by atoms with Crippen molar-refractivity contribution >= 4 is 16.7 Å². The van der Waals surface area contributed by atoms with Gasteiger partial charge in [-0.3, -0.25) is 9.00 Å². The van der Waals surface area contributed by atoms with Crippen LogP contribution in [0.5, 0.6) is 11.5 Å².